The minimum absolute atomic E-state index is 0.0975. The van der Waals surface area contributed by atoms with E-state index in [2.05, 4.69) is 17.1 Å². The first-order chi connectivity index (χ1) is 8.95. The number of likely N-dealkylation sites (N-methyl/N-ethyl adjacent to an activating group) is 1. The van der Waals surface area contributed by atoms with Crippen molar-refractivity contribution in [2.75, 3.05) is 7.05 Å². The van der Waals surface area contributed by atoms with E-state index >= 15 is 0 Å². The first kappa shape index (κ1) is 16.2. The quantitative estimate of drug-likeness (QED) is 0.803. The number of nitrogens with zero attached hydrogens (tertiary/aromatic N) is 1. The summed E-state index contributed by atoms with van der Waals surface area (Å²) in [5.41, 5.74) is 0. The van der Waals surface area contributed by atoms with Gasteiger partial charge in [-0.25, -0.2) is 0 Å². The second kappa shape index (κ2) is 7.63. The molecule has 1 fully saturated rings. The molecule has 0 aromatic rings. The van der Waals surface area contributed by atoms with Gasteiger partial charge in [-0.1, -0.05) is 13.3 Å². The molecular formula is C15H28N2O2. The van der Waals surface area contributed by atoms with E-state index in [1.165, 1.54) is 0 Å². The maximum absolute atomic E-state index is 12.2. The topological polar surface area (TPSA) is 49.4 Å². The molecule has 2 unspecified atom stereocenters. The Kier molecular flexibility index (Phi) is 6.49. The van der Waals surface area contributed by atoms with Gasteiger partial charge in [0.05, 0.1) is 6.04 Å². The Morgan fingerprint density at radius 1 is 1.37 bits per heavy atom. The molecule has 0 aromatic heterocycles. The molecule has 4 heteroatoms. The number of ketones is 1. The number of amides is 1. The molecule has 1 saturated carbocycles. The summed E-state index contributed by atoms with van der Waals surface area (Å²) in [5, 5.41) is 3.06. The van der Waals surface area contributed by atoms with Crippen molar-refractivity contribution in [2.45, 2.75) is 77.4 Å². The average Bonchev–Trinajstić information content (AvgIpc) is 2.38. The Labute approximate surface area is 116 Å². The van der Waals surface area contributed by atoms with Gasteiger partial charge in [-0.2, -0.15) is 0 Å². The van der Waals surface area contributed by atoms with Crippen LogP contribution in [0.3, 0.4) is 0 Å². The van der Waals surface area contributed by atoms with Crippen molar-refractivity contribution in [1.29, 1.82) is 0 Å². The Hall–Kier alpha value is -0.900. The van der Waals surface area contributed by atoms with Crippen LogP contribution >= 0.6 is 0 Å². The molecular weight excluding hydrogens is 240 g/mol. The zero-order valence-corrected chi connectivity index (χ0v) is 12.7. The predicted octanol–water partition coefficient (Wildman–Crippen LogP) is 2.12. The lowest BCUT2D eigenvalue weighted by atomic mass is 9.92. The van der Waals surface area contributed by atoms with E-state index in [4.69, 9.17) is 0 Å². The number of carbonyl (C=O) groups excluding carboxylic acids is 2. The van der Waals surface area contributed by atoms with Crippen molar-refractivity contribution in [3.8, 4) is 0 Å². The van der Waals surface area contributed by atoms with Crippen molar-refractivity contribution in [3.05, 3.63) is 0 Å². The Balaban J connectivity index is 2.44. The summed E-state index contributed by atoms with van der Waals surface area (Å²) in [6, 6.07) is 0.471. The van der Waals surface area contributed by atoms with E-state index in [1.54, 1.807) is 0 Å². The van der Waals surface area contributed by atoms with Crippen molar-refractivity contribution < 1.29 is 9.59 Å². The molecule has 0 heterocycles. The third-order valence-corrected chi connectivity index (χ3v) is 4.19. The zero-order chi connectivity index (χ0) is 14.4. The van der Waals surface area contributed by atoms with Crippen molar-refractivity contribution in [1.82, 2.24) is 10.2 Å². The fraction of sp³-hybridized carbons (Fsp3) is 0.867. The molecule has 0 radical (unpaired) electrons. The minimum Gasteiger partial charge on any atom is -0.352 e. The smallest absolute Gasteiger partial charge is 0.237 e. The van der Waals surface area contributed by atoms with Crippen LogP contribution in [0.15, 0.2) is 0 Å². The molecule has 19 heavy (non-hydrogen) atoms. The van der Waals surface area contributed by atoms with Gasteiger partial charge in [0.25, 0.3) is 0 Å². The summed E-state index contributed by atoms with van der Waals surface area (Å²) in [6.45, 7) is 6.12. The van der Waals surface area contributed by atoms with Crippen molar-refractivity contribution >= 4 is 11.7 Å². The van der Waals surface area contributed by atoms with Gasteiger partial charge in [-0.05, 0) is 40.2 Å². The predicted molar refractivity (Wildman–Crippen MR) is 77.0 cm³/mol. The van der Waals surface area contributed by atoms with Crippen LogP contribution in [0.1, 0.15) is 59.3 Å². The molecule has 110 valence electrons. The van der Waals surface area contributed by atoms with Crippen LogP contribution in [0.25, 0.3) is 0 Å². The number of hydrogen-bond acceptors (Lipinski definition) is 3. The van der Waals surface area contributed by atoms with Gasteiger partial charge >= 0.3 is 0 Å². The third kappa shape index (κ3) is 4.94. The number of carbonyl (C=O) groups is 2. The van der Waals surface area contributed by atoms with Crippen molar-refractivity contribution in [2.24, 2.45) is 0 Å². The molecule has 1 amide bonds. The maximum Gasteiger partial charge on any atom is 0.237 e. The van der Waals surface area contributed by atoms with E-state index in [1.807, 2.05) is 20.9 Å². The SMILES string of the molecule is CCCC(C)NC(=O)C(C)N(C)C1CCC(=O)CC1. The fourth-order valence-corrected chi connectivity index (χ4v) is 2.70. The molecule has 1 aliphatic carbocycles. The fourth-order valence-electron chi connectivity index (χ4n) is 2.70. The molecule has 4 nitrogen and oxygen atoms in total. The molecule has 0 spiro atoms. The normalized spacial score (nSPS) is 20.4. The first-order valence-corrected chi connectivity index (χ1v) is 7.49. The van der Waals surface area contributed by atoms with Crippen LogP contribution in [-0.2, 0) is 9.59 Å². The van der Waals surface area contributed by atoms with Gasteiger partial charge in [-0.3, -0.25) is 14.5 Å². The highest BCUT2D eigenvalue weighted by molar-refractivity contribution is 5.82. The van der Waals surface area contributed by atoms with E-state index < -0.39 is 0 Å². The second-order valence-electron chi connectivity index (χ2n) is 5.81. The summed E-state index contributed by atoms with van der Waals surface area (Å²) in [5.74, 6) is 0.457. The van der Waals surface area contributed by atoms with Crippen LogP contribution in [0.4, 0.5) is 0 Å². The van der Waals surface area contributed by atoms with Gasteiger partial charge in [0.15, 0.2) is 0 Å². The summed E-state index contributed by atoms with van der Waals surface area (Å²) >= 11 is 0. The molecule has 0 aliphatic heterocycles. The zero-order valence-electron chi connectivity index (χ0n) is 12.7. The van der Waals surface area contributed by atoms with Crippen LogP contribution in [0, 0.1) is 0 Å². The van der Waals surface area contributed by atoms with E-state index in [0.29, 0.717) is 24.7 Å². The van der Waals surface area contributed by atoms with Crippen LogP contribution in [0.2, 0.25) is 0 Å². The number of hydrogen-bond donors (Lipinski definition) is 1. The average molecular weight is 268 g/mol. The van der Waals surface area contributed by atoms with Gasteiger partial charge in [0.2, 0.25) is 5.91 Å². The second-order valence-corrected chi connectivity index (χ2v) is 5.81. The monoisotopic (exact) mass is 268 g/mol. The van der Waals surface area contributed by atoms with Crippen LogP contribution in [0.5, 0.6) is 0 Å². The first-order valence-electron chi connectivity index (χ1n) is 7.49. The highest BCUT2D eigenvalue weighted by atomic mass is 16.2. The molecule has 0 bridgehead atoms. The third-order valence-electron chi connectivity index (χ3n) is 4.19. The molecule has 1 aliphatic rings. The maximum atomic E-state index is 12.2. The van der Waals surface area contributed by atoms with Gasteiger partial charge in [-0.15, -0.1) is 0 Å². The molecule has 1 rings (SSSR count). The number of nitrogens with one attached hydrogen (secondary N) is 1. The highest BCUT2D eigenvalue weighted by Crippen LogP contribution is 2.21. The molecule has 0 saturated heterocycles. The summed E-state index contributed by atoms with van der Waals surface area (Å²) in [6.07, 6.45) is 5.19. The largest absolute Gasteiger partial charge is 0.352 e. The molecule has 2 atom stereocenters. The Bertz CT molecular complexity index is 307. The van der Waals surface area contributed by atoms with Gasteiger partial charge in [0, 0.05) is 24.9 Å². The summed E-state index contributed by atoms with van der Waals surface area (Å²) < 4.78 is 0. The Morgan fingerprint density at radius 2 is 1.95 bits per heavy atom. The van der Waals surface area contributed by atoms with Gasteiger partial charge in [0.1, 0.15) is 5.78 Å². The van der Waals surface area contributed by atoms with E-state index in [-0.39, 0.29) is 18.0 Å². The minimum atomic E-state index is -0.127. The summed E-state index contributed by atoms with van der Waals surface area (Å²) in [4.78, 5) is 25.5. The number of rotatable bonds is 6. The van der Waals surface area contributed by atoms with Crippen LogP contribution < -0.4 is 5.32 Å². The highest BCUT2D eigenvalue weighted by Gasteiger charge is 2.28. The summed E-state index contributed by atoms with van der Waals surface area (Å²) in [7, 11) is 2.00. The lowest BCUT2D eigenvalue weighted by Gasteiger charge is -2.34. The standard InChI is InChI=1S/C15H28N2O2/c1-5-6-11(2)16-15(19)12(3)17(4)13-7-9-14(18)10-8-13/h11-13H,5-10H2,1-4H3,(H,16,19). The van der Waals surface area contributed by atoms with Gasteiger partial charge < -0.3 is 5.32 Å². The Morgan fingerprint density at radius 3 is 2.47 bits per heavy atom. The lowest BCUT2D eigenvalue weighted by molar-refractivity contribution is -0.127. The van der Waals surface area contributed by atoms with E-state index in [9.17, 15) is 9.59 Å². The van der Waals surface area contributed by atoms with Crippen molar-refractivity contribution in [3.63, 3.8) is 0 Å². The molecule has 1 N–H and O–H groups in total. The van der Waals surface area contributed by atoms with E-state index in [0.717, 1.165) is 25.7 Å². The number of Topliss-reactive ketones (excluding diaryl/α,β-unsaturated/α-hetero) is 1. The lowest BCUT2D eigenvalue weighted by Crippen LogP contribution is -2.50. The molecule has 0 aromatic carbocycles. The van der Waals surface area contributed by atoms with Crippen LogP contribution in [-0.4, -0.2) is 41.8 Å².